The van der Waals surface area contributed by atoms with Gasteiger partial charge in [-0.15, -0.1) is 11.3 Å². The lowest BCUT2D eigenvalue weighted by atomic mass is 10.8. The van der Waals surface area contributed by atoms with Crippen LogP contribution in [0.3, 0.4) is 0 Å². The maximum absolute atomic E-state index is 8.02. The van der Waals surface area contributed by atoms with Gasteiger partial charge in [0.05, 0.1) is 0 Å². The summed E-state index contributed by atoms with van der Waals surface area (Å²) >= 11 is 6.77. The number of hydrogen-bond acceptors (Lipinski definition) is 4. The van der Waals surface area contributed by atoms with E-state index in [0.29, 0.717) is 10.2 Å². The van der Waals surface area contributed by atoms with Crippen molar-refractivity contribution in [3.63, 3.8) is 0 Å². The summed E-state index contributed by atoms with van der Waals surface area (Å²) in [5.41, 5.74) is 0. The Kier molecular flexibility index (Phi) is 2.02. The van der Waals surface area contributed by atoms with Crippen LogP contribution in [0.15, 0.2) is 10.5 Å². The predicted molar refractivity (Wildman–Crippen MR) is 36.5 cm³/mol. The molecule has 0 saturated heterocycles. The third kappa shape index (κ3) is 1.65. The van der Waals surface area contributed by atoms with Crippen LogP contribution >= 0.6 is 22.9 Å². The first-order chi connectivity index (χ1) is 4.33. The Morgan fingerprint density at radius 3 is 3.11 bits per heavy atom. The standard InChI is InChI=1S/C4H3ClN2OS/c5-3-2-9-4(7-3)1-6-8/h1-2,8H/b6-1+. The average Bonchev–Trinajstić information content (AvgIpc) is 2.17. The fourth-order valence-corrected chi connectivity index (χ4v) is 1.18. The quantitative estimate of drug-likeness (QED) is 0.387. The van der Waals surface area contributed by atoms with Crippen LogP contribution in [0.4, 0.5) is 0 Å². The van der Waals surface area contributed by atoms with Crippen LogP contribution in [-0.2, 0) is 0 Å². The van der Waals surface area contributed by atoms with Gasteiger partial charge in [-0.2, -0.15) is 0 Å². The van der Waals surface area contributed by atoms with E-state index in [0.717, 1.165) is 0 Å². The summed E-state index contributed by atoms with van der Waals surface area (Å²) in [6.45, 7) is 0. The molecular weight excluding hydrogens is 160 g/mol. The summed E-state index contributed by atoms with van der Waals surface area (Å²) in [7, 11) is 0. The number of oxime groups is 1. The molecule has 0 aliphatic carbocycles. The second kappa shape index (κ2) is 2.80. The van der Waals surface area contributed by atoms with Gasteiger partial charge in [-0.3, -0.25) is 0 Å². The molecule has 1 rings (SSSR count). The van der Waals surface area contributed by atoms with Crippen molar-refractivity contribution in [3.8, 4) is 0 Å². The van der Waals surface area contributed by atoms with E-state index in [2.05, 4.69) is 10.1 Å². The van der Waals surface area contributed by atoms with Gasteiger partial charge in [0.25, 0.3) is 0 Å². The molecule has 0 aliphatic heterocycles. The second-order valence-electron chi connectivity index (χ2n) is 1.25. The van der Waals surface area contributed by atoms with Crippen LogP contribution in [0.25, 0.3) is 0 Å². The van der Waals surface area contributed by atoms with Gasteiger partial charge in [-0.05, 0) is 0 Å². The molecule has 0 saturated carbocycles. The largest absolute Gasteiger partial charge is 0.411 e. The molecule has 1 heterocycles. The highest BCUT2D eigenvalue weighted by Gasteiger charge is 1.93. The van der Waals surface area contributed by atoms with Gasteiger partial charge >= 0.3 is 0 Å². The Morgan fingerprint density at radius 2 is 2.67 bits per heavy atom. The Morgan fingerprint density at radius 1 is 1.89 bits per heavy atom. The van der Waals surface area contributed by atoms with E-state index in [1.807, 2.05) is 0 Å². The molecular formula is C4H3ClN2OS. The first-order valence-corrected chi connectivity index (χ1v) is 3.37. The molecule has 1 N–H and O–H groups in total. The fraction of sp³-hybridized carbons (Fsp3) is 0. The highest BCUT2D eigenvalue weighted by molar-refractivity contribution is 7.11. The zero-order valence-electron chi connectivity index (χ0n) is 4.28. The molecule has 1 aromatic rings. The monoisotopic (exact) mass is 162 g/mol. The van der Waals surface area contributed by atoms with Crippen LogP contribution in [0.5, 0.6) is 0 Å². The highest BCUT2D eigenvalue weighted by Crippen LogP contribution is 2.11. The number of thiazole rings is 1. The van der Waals surface area contributed by atoms with E-state index in [1.165, 1.54) is 17.6 Å². The molecule has 3 nitrogen and oxygen atoms in total. The number of hydrogen-bond donors (Lipinski definition) is 1. The van der Waals surface area contributed by atoms with Crippen LogP contribution in [0.1, 0.15) is 5.01 Å². The minimum absolute atomic E-state index is 0.426. The summed E-state index contributed by atoms with van der Waals surface area (Å²) in [5.74, 6) is 0. The normalized spacial score (nSPS) is 10.8. The maximum Gasteiger partial charge on any atom is 0.140 e. The second-order valence-corrected chi connectivity index (χ2v) is 2.53. The molecule has 0 aliphatic rings. The van der Waals surface area contributed by atoms with Crippen LogP contribution in [0, 0.1) is 0 Å². The molecule has 0 bridgehead atoms. The summed E-state index contributed by atoms with van der Waals surface area (Å²) < 4.78 is 0. The lowest BCUT2D eigenvalue weighted by Crippen LogP contribution is -1.75. The molecule has 0 fully saturated rings. The van der Waals surface area contributed by atoms with Crippen molar-refractivity contribution in [2.24, 2.45) is 5.16 Å². The van der Waals surface area contributed by atoms with Gasteiger partial charge in [0.2, 0.25) is 0 Å². The van der Waals surface area contributed by atoms with Crippen molar-refractivity contribution >= 4 is 29.2 Å². The predicted octanol–water partition coefficient (Wildman–Crippen LogP) is 1.60. The lowest BCUT2D eigenvalue weighted by Gasteiger charge is -1.73. The maximum atomic E-state index is 8.02. The van der Waals surface area contributed by atoms with E-state index in [9.17, 15) is 0 Å². The Labute approximate surface area is 60.6 Å². The van der Waals surface area contributed by atoms with Gasteiger partial charge in [0, 0.05) is 5.38 Å². The number of aromatic nitrogens is 1. The van der Waals surface area contributed by atoms with Gasteiger partial charge in [0.15, 0.2) is 0 Å². The average molecular weight is 163 g/mol. The van der Waals surface area contributed by atoms with Crippen LogP contribution < -0.4 is 0 Å². The molecule has 1 aromatic heterocycles. The molecule has 0 radical (unpaired) electrons. The number of halogens is 1. The first kappa shape index (κ1) is 6.51. The molecule has 0 spiro atoms. The Bertz CT molecular complexity index is 222. The van der Waals surface area contributed by atoms with Crippen molar-refractivity contribution in [2.45, 2.75) is 0 Å². The minimum atomic E-state index is 0.426. The zero-order chi connectivity index (χ0) is 6.69. The van der Waals surface area contributed by atoms with Gasteiger partial charge in [0.1, 0.15) is 16.4 Å². The summed E-state index contributed by atoms with van der Waals surface area (Å²) in [5, 5.41) is 13.5. The lowest BCUT2D eigenvalue weighted by molar-refractivity contribution is 0.322. The summed E-state index contributed by atoms with van der Waals surface area (Å²) in [6.07, 6.45) is 1.23. The van der Waals surface area contributed by atoms with Gasteiger partial charge in [-0.25, -0.2) is 4.98 Å². The zero-order valence-corrected chi connectivity index (χ0v) is 5.85. The molecule has 5 heteroatoms. The topological polar surface area (TPSA) is 45.5 Å². The van der Waals surface area contributed by atoms with Crippen LogP contribution in [-0.4, -0.2) is 16.4 Å². The third-order valence-electron chi connectivity index (χ3n) is 0.662. The minimum Gasteiger partial charge on any atom is -0.411 e. The van der Waals surface area contributed by atoms with Crippen LogP contribution in [0.2, 0.25) is 5.15 Å². The van der Waals surface area contributed by atoms with E-state index >= 15 is 0 Å². The smallest absolute Gasteiger partial charge is 0.140 e. The van der Waals surface area contributed by atoms with Gasteiger partial charge in [-0.1, -0.05) is 16.8 Å². The molecule has 0 amide bonds. The van der Waals surface area contributed by atoms with Crippen molar-refractivity contribution in [1.82, 2.24) is 4.98 Å². The fourth-order valence-electron chi connectivity index (χ4n) is 0.376. The Balaban J connectivity index is 2.85. The van der Waals surface area contributed by atoms with E-state index in [4.69, 9.17) is 16.8 Å². The van der Waals surface area contributed by atoms with Crippen molar-refractivity contribution in [1.29, 1.82) is 0 Å². The Hall–Kier alpha value is -0.610. The van der Waals surface area contributed by atoms with Crippen molar-refractivity contribution < 1.29 is 5.21 Å². The van der Waals surface area contributed by atoms with E-state index in [-0.39, 0.29) is 0 Å². The highest BCUT2D eigenvalue weighted by atomic mass is 35.5. The van der Waals surface area contributed by atoms with E-state index in [1.54, 1.807) is 5.38 Å². The van der Waals surface area contributed by atoms with E-state index < -0.39 is 0 Å². The van der Waals surface area contributed by atoms with Gasteiger partial charge < -0.3 is 5.21 Å². The summed E-state index contributed by atoms with van der Waals surface area (Å²) in [4.78, 5) is 3.78. The molecule has 0 atom stereocenters. The SMILES string of the molecule is O/N=C/c1nc(Cl)cs1. The molecule has 48 valence electrons. The molecule has 9 heavy (non-hydrogen) atoms. The van der Waals surface area contributed by atoms with Crippen molar-refractivity contribution in [3.05, 3.63) is 15.5 Å². The number of nitrogens with zero attached hydrogens (tertiary/aromatic N) is 2. The summed E-state index contributed by atoms with van der Waals surface area (Å²) in [6, 6.07) is 0. The first-order valence-electron chi connectivity index (χ1n) is 2.11. The number of rotatable bonds is 1. The molecule has 0 unspecified atom stereocenters. The van der Waals surface area contributed by atoms with Crippen molar-refractivity contribution in [2.75, 3.05) is 0 Å². The molecule has 0 aromatic carbocycles. The third-order valence-corrected chi connectivity index (χ3v) is 1.76.